The smallest absolute Gasteiger partial charge is 0.268 e. The topological polar surface area (TPSA) is 67.2 Å². The highest BCUT2D eigenvalue weighted by Gasteiger charge is 2.26. The summed E-state index contributed by atoms with van der Waals surface area (Å²) in [5.74, 6) is -0.327. The molecule has 2 aromatic rings. The summed E-state index contributed by atoms with van der Waals surface area (Å²) in [5, 5.41) is 7.26. The SMILES string of the molecule is CCCn1ncc(N2CCC(C(=O)NC(C)c3ccc(F)cc3)CC2)cc1=O. The van der Waals surface area contributed by atoms with Gasteiger partial charge in [0.25, 0.3) is 5.56 Å². The fraction of sp³-hybridized carbons (Fsp3) is 0.476. The predicted molar refractivity (Wildman–Crippen MR) is 107 cm³/mol. The summed E-state index contributed by atoms with van der Waals surface area (Å²) in [7, 11) is 0. The number of carbonyl (C=O) groups is 1. The molecule has 3 rings (SSSR count). The lowest BCUT2D eigenvalue weighted by molar-refractivity contribution is -0.126. The maximum Gasteiger partial charge on any atom is 0.268 e. The Balaban J connectivity index is 1.54. The van der Waals surface area contributed by atoms with E-state index in [1.54, 1.807) is 24.4 Å². The second-order valence-corrected chi connectivity index (χ2v) is 7.32. The number of anilines is 1. The van der Waals surface area contributed by atoms with Gasteiger partial charge in [-0.15, -0.1) is 0 Å². The summed E-state index contributed by atoms with van der Waals surface area (Å²) in [6.07, 6.45) is 4.04. The Morgan fingerprint density at radius 2 is 1.96 bits per heavy atom. The van der Waals surface area contributed by atoms with E-state index in [0.717, 1.165) is 30.5 Å². The van der Waals surface area contributed by atoms with Crippen LogP contribution < -0.4 is 15.8 Å². The molecule has 1 unspecified atom stereocenters. The molecule has 0 radical (unpaired) electrons. The van der Waals surface area contributed by atoms with Gasteiger partial charge in [0.2, 0.25) is 5.91 Å². The molecule has 2 heterocycles. The molecule has 1 aromatic heterocycles. The van der Waals surface area contributed by atoms with Crippen LogP contribution in [0.1, 0.15) is 44.7 Å². The van der Waals surface area contributed by atoms with Crippen molar-refractivity contribution in [2.45, 2.75) is 45.7 Å². The molecule has 1 N–H and O–H groups in total. The van der Waals surface area contributed by atoms with Crippen molar-refractivity contribution in [3.63, 3.8) is 0 Å². The van der Waals surface area contributed by atoms with E-state index in [-0.39, 0.29) is 29.2 Å². The first kappa shape index (κ1) is 20.0. The number of nitrogens with zero attached hydrogens (tertiary/aromatic N) is 3. The van der Waals surface area contributed by atoms with Crippen LogP contribution in [0.2, 0.25) is 0 Å². The molecule has 1 atom stereocenters. The molecule has 28 heavy (non-hydrogen) atoms. The van der Waals surface area contributed by atoms with Gasteiger partial charge < -0.3 is 10.2 Å². The average Bonchev–Trinajstić information content (AvgIpc) is 2.70. The standard InChI is InChI=1S/C21H27FN4O2/c1-3-10-26-20(27)13-19(14-23-26)25-11-8-17(9-12-25)21(28)24-15(2)16-4-6-18(22)7-5-16/h4-7,13-15,17H,3,8-12H2,1-2H3,(H,24,28). The number of rotatable bonds is 6. The van der Waals surface area contributed by atoms with Gasteiger partial charge in [-0.25, -0.2) is 9.07 Å². The molecule has 0 spiro atoms. The lowest BCUT2D eigenvalue weighted by Gasteiger charge is -2.33. The van der Waals surface area contributed by atoms with Crippen molar-refractivity contribution in [2.75, 3.05) is 18.0 Å². The van der Waals surface area contributed by atoms with Gasteiger partial charge in [-0.1, -0.05) is 19.1 Å². The van der Waals surface area contributed by atoms with E-state index in [0.29, 0.717) is 19.6 Å². The van der Waals surface area contributed by atoms with Crippen LogP contribution in [0.3, 0.4) is 0 Å². The normalized spacial score (nSPS) is 16.0. The van der Waals surface area contributed by atoms with Crippen LogP contribution >= 0.6 is 0 Å². The van der Waals surface area contributed by atoms with E-state index in [9.17, 15) is 14.0 Å². The largest absolute Gasteiger partial charge is 0.370 e. The third-order valence-corrected chi connectivity index (χ3v) is 5.25. The first-order chi connectivity index (χ1) is 13.5. The number of piperidine rings is 1. The number of aryl methyl sites for hydroxylation is 1. The van der Waals surface area contributed by atoms with Gasteiger partial charge in [-0.3, -0.25) is 9.59 Å². The molecule has 1 aliphatic heterocycles. The molecule has 0 bridgehead atoms. The summed E-state index contributed by atoms with van der Waals surface area (Å²) >= 11 is 0. The van der Waals surface area contributed by atoms with E-state index < -0.39 is 0 Å². The quantitative estimate of drug-likeness (QED) is 0.829. The van der Waals surface area contributed by atoms with Gasteiger partial charge in [0, 0.05) is 31.6 Å². The van der Waals surface area contributed by atoms with Crippen LogP contribution in [0.15, 0.2) is 41.3 Å². The van der Waals surface area contributed by atoms with E-state index in [4.69, 9.17) is 0 Å². The Morgan fingerprint density at radius 3 is 2.57 bits per heavy atom. The summed E-state index contributed by atoms with van der Waals surface area (Å²) in [5.41, 5.74) is 1.61. The predicted octanol–water partition coefficient (Wildman–Crippen LogP) is 2.89. The maximum atomic E-state index is 13.0. The van der Waals surface area contributed by atoms with Crippen molar-refractivity contribution in [2.24, 2.45) is 5.92 Å². The van der Waals surface area contributed by atoms with Crippen LogP contribution in [0.4, 0.5) is 10.1 Å². The van der Waals surface area contributed by atoms with Crippen molar-refractivity contribution in [3.8, 4) is 0 Å². The molecular weight excluding hydrogens is 359 g/mol. The van der Waals surface area contributed by atoms with Crippen molar-refractivity contribution < 1.29 is 9.18 Å². The van der Waals surface area contributed by atoms with E-state index in [1.807, 2.05) is 13.8 Å². The van der Waals surface area contributed by atoms with Crippen molar-refractivity contribution in [1.29, 1.82) is 0 Å². The van der Waals surface area contributed by atoms with Crippen LogP contribution in [0.25, 0.3) is 0 Å². The molecule has 1 fully saturated rings. The Labute approximate surface area is 164 Å². The average molecular weight is 386 g/mol. The number of aromatic nitrogens is 2. The number of amides is 1. The molecule has 1 aromatic carbocycles. The number of benzene rings is 1. The number of nitrogens with one attached hydrogen (secondary N) is 1. The molecule has 7 heteroatoms. The molecule has 150 valence electrons. The minimum Gasteiger partial charge on any atom is -0.370 e. The summed E-state index contributed by atoms with van der Waals surface area (Å²) in [4.78, 5) is 26.8. The first-order valence-electron chi connectivity index (χ1n) is 9.86. The van der Waals surface area contributed by atoms with Crippen molar-refractivity contribution >= 4 is 11.6 Å². The van der Waals surface area contributed by atoms with E-state index in [2.05, 4.69) is 15.3 Å². The van der Waals surface area contributed by atoms with Crippen LogP contribution in [0.5, 0.6) is 0 Å². The second kappa shape index (κ2) is 8.99. The van der Waals surface area contributed by atoms with E-state index in [1.165, 1.54) is 16.8 Å². The highest BCUT2D eigenvalue weighted by molar-refractivity contribution is 5.79. The third kappa shape index (κ3) is 4.77. The van der Waals surface area contributed by atoms with Crippen molar-refractivity contribution in [3.05, 3.63) is 58.3 Å². The number of hydrogen-bond donors (Lipinski definition) is 1. The molecule has 1 amide bonds. The summed E-state index contributed by atoms with van der Waals surface area (Å²) < 4.78 is 14.5. The first-order valence-corrected chi connectivity index (χ1v) is 9.86. The van der Waals surface area contributed by atoms with Gasteiger partial charge >= 0.3 is 0 Å². The van der Waals surface area contributed by atoms with Gasteiger partial charge in [-0.05, 0) is 43.9 Å². The fourth-order valence-electron chi connectivity index (χ4n) is 3.54. The van der Waals surface area contributed by atoms with Crippen molar-refractivity contribution in [1.82, 2.24) is 15.1 Å². The molecule has 0 aliphatic carbocycles. The maximum absolute atomic E-state index is 13.0. The monoisotopic (exact) mass is 386 g/mol. The Hall–Kier alpha value is -2.70. The molecular formula is C21H27FN4O2. The lowest BCUT2D eigenvalue weighted by Crippen LogP contribution is -2.41. The Morgan fingerprint density at radius 1 is 1.29 bits per heavy atom. The molecule has 1 saturated heterocycles. The highest BCUT2D eigenvalue weighted by atomic mass is 19.1. The zero-order chi connectivity index (χ0) is 20.1. The van der Waals surface area contributed by atoms with Gasteiger partial charge in [0.1, 0.15) is 5.82 Å². The summed E-state index contributed by atoms with van der Waals surface area (Å²) in [6, 6.07) is 7.64. The Bertz CT molecular complexity index is 857. The minimum absolute atomic E-state index is 0.0213. The van der Waals surface area contributed by atoms with Crippen LogP contribution in [0, 0.1) is 11.7 Å². The van der Waals surface area contributed by atoms with Crippen LogP contribution in [-0.2, 0) is 11.3 Å². The summed E-state index contributed by atoms with van der Waals surface area (Å²) in [6.45, 7) is 5.95. The zero-order valence-corrected chi connectivity index (χ0v) is 16.4. The van der Waals surface area contributed by atoms with Crippen LogP contribution in [-0.4, -0.2) is 28.8 Å². The molecule has 0 saturated carbocycles. The fourth-order valence-corrected chi connectivity index (χ4v) is 3.54. The number of hydrogen-bond acceptors (Lipinski definition) is 4. The number of halogens is 1. The molecule has 6 nitrogen and oxygen atoms in total. The zero-order valence-electron chi connectivity index (χ0n) is 16.4. The second-order valence-electron chi connectivity index (χ2n) is 7.32. The minimum atomic E-state index is -0.286. The van der Waals surface area contributed by atoms with Gasteiger partial charge in [0.15, 0.2) is 0 Å². The van der Waals surface area contributed by atoms with E-state index >= 15 is 0 Å². The van der Waals surface area contributed by atoms with Gasteiger partial charge in [-0.2, -0.15) is 5.10 Å². The van der Waals surface area contributed by atoms with Gasteiger partial charge in [0.05, 0.1) is 17.9 Å². The highest BCUT2D eigenvalue weighted by Crippen LogP contribution is 2.23. The third-order valence-electron chi connectivity index (χ3n) is 5.25. The Kier molecular flexibility index (Phi) is 6.44. The lowest BCUT2D eigenvalue weighted by atomic mass is 9.95. The number of carbonyl (C=O) groups excluding carboxylic acids is 1. The molecule has 1 aliphatic rings.